The molecule has 2 aliphatic rings. The van der Waals surface area contributed by atoms with Crippen molar-refractivity contribution in [2.24, 2.45) is 5.92 Å². The number of carbonyl (C=O) groups is 1. The van der Waals surface area contributed by atoms with Gasteiger partial charge >= 0.3 is 26.1 Å². The molecule has 1 aromatic rings. The molecule has 0 N–H and O–H groups in total. The summed E-state index contributed by atoms with van der Waals surface area (Å²) in [6.45, 7) is 4.58. The molecule has 2 aliphatic heterocycles. The third-order valence-corrected chi connectivity index (χ3v) is 7.55. The molecule has 2 saturated heterocycles. The number of carbonyl (C=O) groups excluding carboxylic acids is 1. The van der Waals surface area contributed by atoms with Gasteiger partial charge in [0.2, 0.25) is 0 Å². The fourth-order valence-corrected chi connectivity index (χ4v) is 5.76. The summed E-state index contributed by atoms with van der Waals surface area (Å²) in [6, 6.07) is 8.79. The standard InChI is InChI=1S/C24H37ClN3O2S2.O.Tc/c1-27-20-7-8-22(27)23(21(17-20)18-3-5-19(25)6-4-18)24(29)30-14-2-11-28(13-16-32)12-9-26-10-15-31;;/h3-6,20-23,31-32H,2,7-17H2,1H3;;/q-1;-2;+5/p-2/i;;1+1. The Kier molecular flexibility index (Phi) is 15.9. The summed E-state index contributed by atoms with van der Waals surface area (Å²) in [5.74, 6) is 1.38. The van der Waals surface area contributed by atoms with Crippen LogP contribution in [0.25, 0.3) is 5.32 Å². The molecule has 2 heterocycles. The van der Waals surface area contributed by atoms with Crippen LogP contribution in [0.3, 0.4) is 0 Å². The molecule has 10 heteroatoms. The van der Waals surface area contributed by atoms with Gasteiger partial charge in [0.25, 0.3) is 0 Å². The fraction of sp³-hybridized carbons (Fsp3) is 0.708. The van der Waals surface area contributed by atoms with Gasteiger partial charge in [-0.15, -0.1) is 6.54 Å². The fourth-order valence-electron chi connectivity index (χ4n) is 5.25. The van der Waals surface area contributed by atoms with E-state index in [1.807, 2.05) is 12.1 Å². The minimum atomic E-state index is -0.124. The molecular formula is C24H35ClN3O3S2Tc. The summed E-state index contributed by atoms with van der Waals surface area (Å²) >= 11 is 16.2. The van der Waals surface area contributed by atoms with E-state index in [0.717, 1.165) is 63.4 Å². The molecule has 34 heavy (non-hydrogen) atoms. The second-order valence-electron chi connectivity index (χ2n) is 8.83. The Bertz CT molecular complexity index is 719. The Morgan fingerprint density at radius 3 is 2.56 bits per heavy atom. The zero-order valence-corrected chi connectivity index (χ0v) is 24.0. The first-order chi connectivity index (χ1) is 15.5. The number of hydrogen-bond donors (Lipinski definition) is 0. The number of rotatable bonds is 13. The van der Waals surface area contributed by atoms with Crippen LogP contribution < -0.4 is 0 Å². The van der Waals surface area contributed by atoms with E-state index in [4.69, 9.17) is 41.6 Å². The van der Waals surface area contributed by atoms with Crippen LogP contribution in [0, 0.1) is 5.92 Å². The summed E-state index contributed by atoms with van der Waals surface area (Å²) in [4.78, 5) is 18.0. The SMILES string of the molecule is CN1C2CCC1C(C(=O)OCCCN(CC[S-])CC[N-]CC[S-])C(c1ccc(Cl)cc1)C2.[99Tc+5].[O-2]. The van der Waals surface area contributed by atoms with Crippen LogP contribution in [0.4, 0.5) is 0 Å². The maximum absolute atomic E-state index is 13.3. The number of esters is 1. The van der Waals surface area contributed by atoms with E-state index in [0.29, 0.717) is 24.2 Å². The summed E-state index contributed by atoms with van der Waals surface area (Å²) < 4.78 is 5.85. The van der Waals surface area contributed by atoms with Gasteiger partial charge in [-0.2, -0.15) is 18.1 Å². The molecule has 1 aromatic carbocycles. The minimum absolute atomic E-state index is 0. The van der Waals surface area contributed by atoms with Gasteiger partial charge in [-0.3, -0.25) is 9.69 Å². The molecule has 0 spiro atoms. The van der Waals surface area contributed by atoms with Crippen molar-refractivity contribution in [1.82, 2.24) is 9.80 Å². The average Bonchev–Trinajstić information content (AvgIpc) is 3.02. The zero-order valence-electron chi connectivity index (χ0n) is 19.7. The van der Waals surface area contributed by atoms with Crippen LogP contribution in [0.5, 0.6) is 0 Å². The molecule has 4 unspecified atom stereocenters. The second kappa shape index (κ2) is 16.8. The molecular weight excluding hydrogens is 577 g/mol. The number of piperidine rings is 1. The maximum atomic E-state index is 13.3. The van der Waals surface area contributed by atoms with Gasteiger partial charge in [-0.05, 0) is 63.5 Å². The molecule has 2 bridgehead atoms. The smallest absolute Gasteiger partial charge is 2.00 e. The van der Waals surface area contributed by atoms with Gasteiger partial charge < -0.3 is 45.7 Å². The zero-order chi connectivity index (χ0) is 22.9. The first-order valence-corrected chi connectivity index (χ1v) is 13.2. The molecule has 4 atom stereocenters. The van der Waals surface area contributed by atoms with Crippen molar-refractivity contribution in [2.45, 2.75) is 43.7 Å². The van der Waals surface area contributed by atoms with Crippen LogP contribution in [-0.4, -0.2) is 85.7 Å². The van der Waals surface area contributed by atoms with Crippen molar-refractivity contribution in [3.63, 3.8) is 0 Å². The largest absolute Gasteiger partial charge is 5.00 e. The van der Waals surface area contributed by atoms with Crippen molar-refractivity contribution in [1.29, 1.82) is 0 Å². The van der Waals surface area contributed by atoms with Gasteiger partial charge in [-0.1, -0.05) is 23.7 Å². The van der Waals surface area contributed by atoms with E-state index in [1.165, 1.54) is 5.56 Å². The monoisotopic (exact) mass is 611 g/mol. The first-order valence-electron chi connectivity index (χ1n) is 11.7. The van der Waals surface area contributed by atoms with Gasteiger partial charge in [0.15, 0.2) is 0 Å². The van der Waals surface area contributed by atoms with E-state index in [-0.39, 0.29) is 49.4 Å². The Morgan fingerprint density at radius 1 is 1.15 bits per heavy atom. The number of halogens is 1. The minimum Gasteiger partial charge on any atom is -2.00 e. The molecule has 0 saturated carbocycles. The molecule has 0 radical (unpaired) electrons. The van der Waals surface area contributed by atoms with Crippen LogP contribution in [0.15, 0.2) is 24.3 Å². The summed E-state index contributed by atoms with van der Waals surface area (Å²) in [5.41, 5.74) is 1.20. The third kappa shape index (κ3) is 8.93. The number of hydrogen-bond acceptors (Lipinski definition) is 6. The van der Waals surface area contributed by atoms with Gasteiger partial charge in [-0.25, -0.2) is 0 Å². The Hall–Kier alpha value is 0.169. The second-order valence-corrected chi connectivity index (χ2v) is 10.1. The molecule has 3 rings (SSSR count). The Morgan fingerprint density at radius 2 is 1.88 bits per heavy atom. The molecule has 6 nitrogen and oxygen atoms in total. The average molecular weight is 612 g/mol. The van der Waals surface area contributed by atoms with Crippen molar-refractivity contribution in [3.8, 4) is 0 Å². The van der Waals surface area contributed by atoms with E-state index in [9.17, 15) is 4.79 Å². The van der Waals surface area contributed by atoms with Crippen LogP contribution in [-0.2, 0) is 60.4 Å². The van der Waals surface area contributed by atoms with E-state index >= 15 is 0 Å². The predicted molar refractivity (Wildman–Crippen MR) is 137 cm³/mol. The van der Waals surface area contributed by atoms with Crippen molar-refractivity contribution < 1.29 is 35.1 Å². The van der Waals surface area contributed by atoms with Gasteiger partial charge in [0, 0.05) is 29.6 Å². The van der Waals surface area contributed by atoms with Crippen molar-refractivity contribution in [2.75, 3.05) is 57.9 Å². The summed E-state index contributed by atoms with van der Waals surface area (Å²) in [6.07, 6.45) is 4.02. The molecule has 0 aromatic heterocycles. The van der Waals surface area contributed by atoms with E-state index in [2.05, 4.69) is 34.3 Å². The van der Waals surface area contributed by atoms with Crippen LogP contribution >= 0.6 is 11.6 Å². The summed E-state index contributed by atoms with van der Waals surface area (Å²) in [7, 11) is 2.16. The molecule has 2 fully saturated rings. The summed E-state index contributed by atoms with van der Waals surface area (Å²) in [5, 5.41) is 5.15. The number of ether oxygens (including phenoxy) is 1. The number of fused-ring (bicyclic) bond motifs is 2. The topological polar surface area (TPSA) is 75.4 Å². The first kappa shape index (κ1) is 32.2. The van der Waals surface area contributed by atoms with Crippen LogP contribution in [0.2, 0.25) is 5.02 Å². The quantitative estimate of drug-likeness (QED) is 0.193. The van der Waals surface area contributed by atoms with Crippen molar-refractivity contribution in [3.05, 3.63) is 40.2 Å². The van der Waals surface area contributed by atoms with Crippen molar-refractivity contribution >= 4 is 42.8 Å². The van der Waals surface area contributed by atoms with E-state index in [1.54, 1.807) is 0 Å². The van der Waals surface area contributed by atoms with Gasteiger partial charge in [0.1, 0.15) is 0 Å². The molecule has 0 aliphatic carbocycles. The normalized spacial score (nSPS) is 23.9. The number of benzene rings is 1. The number of nitrogens with zero attached hydrogens (tertiary/aromatic N) is 3. The molecule has 0 amide bonds. The predicted octanol–water partition coefficient (Wildman–Crippen LogP) is 3.49. The third-order valence-electron chi connectivity index (χ3n) is 6.93. The Labute approximate surface area is 234 Å². The van der Waals surface area contributed by atoms with Gasteiger partial charge in [0.05, 0.1) is 12.5 Å². The molecule has 190 valence electrons. The maximum Gasteiger partial charge on any atom is 5.00 e. The van der Waals surface area contributed by atoms with Crippen LogP contribution in [0.1, 0.15) is 37.2 Å². The Balaban J connectivity index is 0.00000289. The van der Waals surface area contributed by atoms with E-state index < -0.39 is 0 Å².